The van der Waals surface area contributed by atoms with Gasteiger partial charge in [0, 0.05) is 6.04 Å². The molecule has 0 radical (unpaired) electrons. The summed E-state index contributed by atoms with van der Waals surface area (Å²) in [6, 6.07) is 8.27. The van der Waals surface area contributed by atoms with Crippen molar-refractivity contribution in [3.63, 3.8) is 0 Å². The normalized spacial score (nSPS) is 16.7. The Morgan fingerprint density at radius 3 is 2.40 bits per heavy atom. The van der Waals surface area contributed by atoms with Crippen LogP contribution in [0.2, 0.25) is 0 Å². The Morgan fingerprint density at radius 2 is 1.93 bits per heavy atom. The molecule has 0 aliphatic heterocycles. The van der Waals surface area contributed by atoms with E-state index in [0.717, 1.165) is 18.1 Å². The molecule has 1 aliphatic carbocycles. The molecule has 0 amide bonds. The molecule has 0 heterocycles. The summed E-state index contributed by atoms with van der Waals surface area (Å²) in [6.07, 6.45) is 3.86. The molecule has 1 atom stereocenters. The maximum absolute atomic E-state index is 6.09. The third kappa shape index (κ3) is 3.40. The fourth-order valence-corrected chi connectivity index (χ4v) is 1.70. The first-order valence-electron chi connectivity index (χ1n) is 5.19. The van der Waals surface area contributed by atoms with Crippen LogP contribution in [0.1, 0.15) is 30.9 Å². The molecule has 84 valence electrons. The number of nitrogens with two attached hydrogens (primary N) is 1. The standard InChI is InChI=1S/C12H17NO.ClH/c1-14-11-6-4-10(5-7-11)12(13)8-9-2-3-9;/h4-7,9,12H,2-3,8,13H2,1H3;1H/t12-;/m0./s1. The van der Waals surface area contributed by atoms with E-state index in [1.807, 2.05) is 12.1 Å². The zero-order valence-electron chi connectivity index (χ0n) is 8.98. The molecule has 2 rings (SSSR count). The van der Waals surface area contributed by atoms with E-state index in [1.54, 1.807) is 7.11 Å². The number of halogens is 1. The van der Waals surface area contributed by atoms with Crippen molar-refractivity contribution in [2.24, 2.45) is 11.7 Å². The van der Waals surface area contributed by atoms with Crippen LogP contribution in [0.5, 0.6) is 5.75 Å². The molecule has 2 nitrogen and oxygen atoms in total. The fraction of sp³-hybridized carbons (Fsp3) is 0.500. The maximum atomic E-state index is 6.09. The van der Waals surface area contributed by atoms with E-state index >= 15 is 0 Å². The molecule has 0 spiro atoms. The van der Waals surface area contributed by atoms with Gasteiger partial charge in [0.1, 0.15) is 5.75 Å². The van der Waals surface area contributed by atoms with E-state index < -0.39 is 0 Å². The Morgan fingerprint density at radius 1 is 1.33 bits per heavy atom. The molecule has 1 aromatic carbocycles. The molecule has 15 heavy (non-hydrogen) atoms. The van der Waals surface area contributed by atoms with E-state index in [1.165, 1.54) is 18.4 Å². The van der Waals surface area contributed by atoms with Crippen LogP contribution in [0.4, 0.5) is 0 Å². The topological polar surface area (TPSA) is 35.2 Å². The summed E-state index contributed by atoms with van der Waals surface area (Å²) in [5.41, 5.74) is 7.31. The highest BCUT2D eigenvalue weighted by atomic mass is 35.5. The lowest BCUT2D eigenvalue weighted by atomic mass is 10.0. The second-order valence-electron chi connectivity index (χ2n) is 4.06. The predicted molar refractivity (Wildman–Crippen MR) is 64.5 cm³/mol. The minimum atomic E-state index is 0. The SMILES string of the molecule is COc1ccc([C@@H](N)CC2CC2)cc1.Cl. The van der Waals surface area contributed by atoms with Crippen molar-refractivity contribution >= 4 is 12.4 Å². The lowest BCUT2D eigenvalue weighted by Gasteiger charge is -2.11. The van der Waals surface area contributed by atoms with Crippen LogP contribution >= 0.6 is 12.4 Å². The van der Waals surface area contributed by atoms with Crippen LogP contribution in [0, 0.1) is 5.92 Å². The molecule has 0 unspecified atom stereocenters. The van der Waals surface area contributed by atoms with E-state index in [-0.39, 0.29) is 18.4 Å². The second-order valence-corrected chi connectivity index (χ2v) is 4.06. The minimum Gasteiger partial charge on any atom is -0.497 e. The lowest BCUT2D eigenvalue weighted by molar-refractivity contribution is 0.414. The average molecular weight is 228 g/mol. The van der Waals surface area contributed by atoms with Gasteiger partial charge in [-0.25, -0.2) is 0 Å². The molecule has 1 aromatic rings. The largest absolute Gasteiger partial charge is 0.497 e. The number of methoxy groups -OCH3 is 1. The monoisotopic (exact) mass is 227 g/mol. The van der Waals surface area contributed by atoms with Crippen molar-refractivity contribution in [1.82, 2.24) is 0 Å². The summed E-state index contributed by atoms with van der Waals surface area (Å²) in [5, 5.41) is 0. The summed E-state index contributed by atoms with van der Waals surface area (Å²) in [5.74, 6) is 1.78. The van der Waals surface area contributed by atoms with Crippen LogP contribution < -0.4 is 10.5 Å². The van der Waals surface area contributed by atoms with Crippen LogP contribution in [0.3, 0.4) is 0 Å². The summed E-state index contributed by atoms with van der Waals surface area (Å²) in [6.45, 7) is 0. The van der Waals surface area contributed by atoms with Gasteiger partial charge in [-0.15, -0.1) is 12.4 Å². The van der Waals surface area contributed by atoms with Crippen LogP contribution in [-0.4, -0.2) is 7.11 Å². The maximum Gasteiger partial charge on any atom is 0.118 e. The zero-order chi connectivity index (χ0) is 9.97. The summed E-state index contributed by atoms with van der Waals surface area (Å²) in [7, 11) is 1.68. The Bertz CT molecular complexity index is 295. The molecule has 0 bridgehead atoms. The van der Waals surface area contributed by atoms with Crippen LogP contribution in [0.25, 0.3) is 0 Å². The molecule has 2 N–H and O–H groups in total. The number of benzene rings is 1. The number of hydrogen-bond acceptors (Lipinski definition) is 2. The summed E-state index contributed by atoms with van der Waals surface area (Å²) in [4.78, 5) is 0. The Balaban J connectivity index is 0.00000112. The third-order valence-corrected chi connectivity index (χ3v) is 2.83. The smallest absolute Gasteiger partial charge is 0.118 e. The molecular formula is C12H18ClNO. The molecule has 1 fully saturated rings. The highest BCUT2D eigenvalue weighted by Gasteiger charge is 2.24. The Kier molecular flexibility index (Phi) is 4.43. The zero-order valence-corrected chi connectivity index (χ0v) is 9.80. The van der Waals surface area contributed by atoms with E-state index in [9.17, 15) is 0 Å². The van der Waals surface area contributed by atoms with Gasteiger partial charge in [-0.3, -0.25) is 0 Å². The predicted octanol–water partition coefficient (Wildman–Crippen LogP) is 2.92. The summed E-state index contributed by atoms with van der Waals surface area (Å²) >= 11 is 0. The van der Waals surface area contributed by atoms with Gasteiger partial charge < -0.3 is 10.5 Å². The quantitative estimate of drug-likeness (QED) is 0.859. The lowest BCUT2D eigenvalue weighted by Crippen LogP contribution is -2.10. The van der Waals surface area contributed by atoms with Crippen molar-refractivity contribution in [3.8, 4) is 5.75 Å². The van der Waals surface area contributed by atoms with Gasteiger partial charge in [-0.1, -0.05) is 25.0 Å². The Hall–Kier alpha value is -0.730. The van der Waals surface area contributed by atoms with Gasteiger partial charge in [0.25, 0.3) is 0 Å². The highest BCUT2D eigenvalue weighted by Crippen LogP contribution is 2.36. The van der Waals surface area contributed by atoms with Gasteiger partial charge in [-0.2, -0.15) is 0 Å². The molecule has 3 heteroatoms. The van der Waals surface area contributed by atoms with Gasteiger partial charge >= 0.3 is 0 Å². The second kappa shape index (κ2) is 5.38. The third-order valence-electron chi connectivity index (χ3n) is 2.83. The van der Waals surface area contributed by atoms with E-state index in [0.29, 0.717) is 0 Å². The molecule has 1 aliphatic rings. The van der Waals surface area contributed by atoms with Gasteiger partial charge in [0.15, 0.2) is 0 Å². The average Bonchev–Trinajstić information content (AvgIpc) is 3.02. The van der Waals surface area contributed by atoms with Gasteiger partial charge in [0.05, 0.1) is 7.11 Å². The minimum absolute atomic E-state index is 0. The molecule has 0 saturated heterocycles. The van der Waals surface area contributed by atoms with Crippen molar-refractivity contribution in [1.29, 1.82) is 0 Å². The van der Waals surface area contributed by atoms with Crippen LogP contribution in [-0.2, 0) is 0 Å². The van der Waals surface area contributed by atoms with Crippen molar-refractivity contribution in [3.05, 3.63) is 29.8 Å². The first-order valence-corrected chi connectivity index (χ1v) is 5.19. The fourth-order valence-electron chi connectivity index (χ4n) is 1.70. The number of rotatable bonds is 4. The number of ether oxygens (including phenoxy) is 1. The van der Waals surface area contributed by atoms with Crippen molar-refractivity contribution in [2.45, 2.75) is 25.3 Å². The summed E-state index contributed by atoms with van der Waals surface area (Å²) < 4.78 is 5.10. The first-order chi connectivity index (χ1) is 6.79. The molecular weight excluding hydrogens is 210 g/mol. The first kappa shape index (κ1) is 12.3. The van der Waals surface area contributed by atoms with Crippen molar-refractivity contribution < 1.29 is 4.74 Å². The van der Waals surface area contributed by atoms with E-state index in [4.69, 9.17) is 10.5 Å². The Labute approximate surface area is 97.2 Å². The highest BCUT2D eigenvalue weighted by molar-refractivity contribution is 5.85. The van der Waals surface area contributed by atoms with Gasteiger partial charge in [0.2, 0.25) is 0 Å². The van der Waals surface area contributed by atoms with E-state index in [2.05, 4.69) is 12.1 Å². The number of hydrogen-bond donors (Lipinski definition) is 1. The molecule has 0 aromatic heterocycles. The van der Waals surface area contributed by atoms with Gasteiger partial charge in [-0.05, 0) is 30.0 Å². The van der Waals surface area contributed by atoms with Crippen molar-refractivity contribution in [2.75, 3.05) is 7.11 Å². The molecule has 1 saturated carbocycles. The van der Waals surface area contributed by atoms with Crippen LogP contribution in [0.15, 0.2) is 24.3 Å².